The highest BCUT2D eigenvalue weighted by Gasteiger charge is 2.62. The van der Waals surface area contributed by atoms with Crippen molar-refractivity contribution in [2.45, 2.75) is 19.3 Å². The molecule has 4 heteroatoms. The minimum Gasteiger partial charge on any atom is -0.511 e. The van der Waals surface area contributed by atoms with E-state index in [1.807, 2.05) is 0 Å². The van der Waals surface area contributed by atoms with E-state index in [1.54, 1.807) is 0 Å². The van der Waals surface area contributed by atoms with E-state index in [9.17, 15) is 14.7 Å². The van der Waals surface area contributed by atoms with E-state index in [0.717, 1.165) is 6.42 Å². The Morgan fingerprint density at radius 1 is 1.46 bits per heavy atom. The highest BCUT2D eigenvalue weighted by atomic mass is 16.3. The maximum atomic E-state index is 11.5. The third-order valence-corrected chi connectivity index (χ3v) is 3.52. The SMILES string of the molecule is O=C1NC(=O)C23CCC(C2)C(O)=C13. The van der Waals surface area contributed by atoms with Crippen LogP contribution in [0.25, 0.3) is 0 Å². The molecule has 3 rings (SSSR count). The Morgan fingerprint density at radius 3 is 2.92 bits per heavy atom. The number of hydrogen-bond donors (Lipinski definition) is 2. The summed E-state index contributed by atoms with van der Waals surface area (Å²) in [7, 11) is 0. The van der Waals surface area contributed by atoms with Crippen molar-refractivity contribution in [1.29, 1.82) is 0 Å². The van der Waals surface area contributed by atoms with Crippen LogP contribution >= 0.6 is 0 Å². The van der Waals surface area contributed by atoms with Crippen molar-refractivity contribution in [3.05, 3.63) is 11.3 Å². The normalized spacial score (nSPS) is 41.4. The number of fused-ring (bicyclic) bond motifs is 1. The zero-order valence-electron chi connectivity index (χ0n) is 6.96. The molecule has 2 atom stereocenters. The van der Waals surface area contributed by atoms with Gasteiger partial charge in [0.2, 0.25) is 5.91 Å². The van der Waals surface area contributed by atoms with Gasteiger partial charge in [0.15, 0.2) is 0 Å². The molecule has 0 aromatic carbocycles. The van der Waals surface area contributed by atoms with Crippen molar-refractivity contribution in [1.82, 2.24) is 5.32 Å². The van der Waals surface area contributed by atoms with E-state index in [1.165, 1.54) is 0 Å². The standard InChI is InChI=1S/C9H9NO3/c11-6-4-1-2-9(3-4)5(6)7(12)10-8(9)13/h4,11H,1-3H2,(H,10,12,13). The molecule has 1 aliphatic heterocycles. The third kappa shape index (κ3) is 0.567. The molecule has 2 amide bonds. The number of aliphatic hydroxyl groups is 1. The molecule has 2 N–H and O–H groups in total. The van der Waals surface area contributed by atoms with E-state index in [4.69, 9.17) is 0 Å². The lowest BCUT2D eigenvalue weighted by molar-refractivity contribution is -0.128. The molecule has 0 radical (unpaired) electrons. The summed E-state index contributed by atoms with van der Waals surface area (Å²) in [5, 5.41) is 11.9. The minimum atomic E-state index is -0.647. The molecule has 4 nitrogen and oxygen atoms in total. The average molecular weight is 179 g/mol. The number of amides is 2. The van der Waals surface area contributed by atoms with E-state index < -0.39 is 5.41 Å². The molecule has 1 heterocycles. The second-order valence-corrected chi connectivity index (χ2v) is 4.07. The Balaban J connectivity index is 2.27. The molecule has 2 unspecified atom stereocenters. The van der Waals surface area contributed by atoms with Crippen LogP contribution in [-0.4, -0.2) is 16.9 Å². The molecular formula is C9H9NO3. The van der Waals surface area contributed by atoms with Gasteiger partial charge in [0.25, 0.3) is 5.91 Å². The van der Waals surface area contributed by atoms with Crippen molar-refractivity contribution >= 4 is 11.8 Å². The van der Waals surface area contributed by atoms with Gasteiger partial charge in [0.1, 0.15) is 5.76 Å². The van der Waals surface area contributed by atoms with Crippen LogP contribution in [0.1, 0.15) is 19.3 Å². The molecule has 0 aromatic rings. The van der Waals surface area contributed by atoms with Gasteiger partial charge in [-0.05, 0) is 19.3 Å². The fourth-order valence-corrected chi connectivity index (χ4v) is 2.89. The summed E-state index contributed by atoms with van der Waals surface area (Å²) in [6.07, 6.45) is 2.18. The first-order valence-corrected chi connectivity index (χ1v) is 4.44. The molecule has 1 saturated carbocycles. The fraction of sp³-hybridized carbons (Fsp3) is 0.556. The number of aliphatic hydroxyl groups excluding tert-OH is 1. The number of carbonyl (C=O) groups excluding carboxylic acids is 2. The van der Waals surface area contributed by atoms with Gasteiger partial charge in [-0.3, -0.25) is 14.9 Å². The molecule has 13 heavy (non-hydrogen) atoms. The highest BCUT2D eigenvalue weighted by molar-refractivity contribution is 6.18. The second kappa shape index (κ2) is 1.78. The van der Waals surface area contributed by atoms with Crippen LogP contribution in [0.4, 0.5) is 0 Å². The zero-order valence-corrected chi connectivity index (χ0v) is 6.96. The van der Waals surface area contributed by atoms with Crippen LogP contribution in [0.15, 0.2) is 11.3 Å². The van der Waals surface area contributed by atoms with Crippen LogP contribution in [0, 0.1) is 11.3 Å². The second-order valence-electron chi connectivity index (χ2n) is 4.07. The van der Waals surface area contributed by atoms with Crippen molar-refractivity contribution in [3.63, 3.8) is 0 Å². The number of rotatable bonds is 0. The Labute approximate surface area is 74.6 Å². The van der Waals surface area contributed by atoms with Gasteiger partial charge >= 0.3 is 0 Å². The topological polar surface area (TPSA) is 66.4 Å². The molecule has 2 aliphatic carbocycles. The summed E-state index contributed by atoms with van der Waals surface area (Å²) in [6, 6.07) is 0. The quantitative estimate of drug-likeness (QED) is 0.524. The zero-order chi connectivity index (χ0) is 9.22. The summed E-state index contributed by atoms with van der Waals surface area (Å²) >= 11 is 0. The summed E-state index contributed by atoms with van der Waals surface area (Å²) in [6.45, 7) is 0. The first-order chi connectivity index (χ1) is 6.15. The van der Waals surface area contributed by atoms with E-state index in [0.29, 0.717) is 18.4 Å². The van der Waals surface area contributed by atoms with Gasteiger partial charge < -0.3 is 5.11 Å². The van der Waals surface area contributed by atoms with Crippen LogP contribution in [0.5, 0.6) is 0 Å². The van der Waals surface area contributed by atoms with Crippen LogP contribution in [0.2, 0.25) is 0 Å². The Bertz CT molecular complexity index is 371. The minimum absolute atomic E-state index is 0.0602. The summed E-state index contributed by atoms with van der Waals surface area (Å²) in [5.41, 5.74) is -0.292. The van der Waals surface area contributed by atoms with Crippen LogP contribution in [-0.2, 0) is 9.59 Å². The molecule has 68 valence electrons. The molecule has 3 aliphatic rings. The first-order valence-electron chi connectivity index (χ1n) is 4.44. The Kier molecular flexibility index (Phi) is 0.977. The van der Waals surface area contributed by atoms with Crippen LogP contribution in [0.3, 0.4) is 0 Å². The van der Waals surface area contributed by atoms with Gasteiger partial charge in [0.05, 0.1) is 11.0 Å². The van der Waals surface area contributed by atoms with Gasteiger partial charge in [-0.25, -0.2) is 0 Å². The number of carbonyl (C=O) groups is 2. The van der Waals surface area contributed by atoms with Gasteiger partial charge in [0, 0.05) is 5.92 Å². The Morgan fingerprint density at radius 2 is 2.23 bits per heavy atom. The third-order valence-electron chi connectivity index (χ3n) is 3.52. The van der Waals surface area contributed by atoms with Crippen LogP contribution < -0.4 is 5.32 Å². The van der Waals surface area contributed by atoms with Crippen molar-refractivity contribution in [3.8, 4) is 0 Å². The molecule has 1 saturated heterocycles. The number of allylic oxidation sites excluding steroid dienone is 1. The maximum Gasteiger partial charge on any atom is 0.258 e. The lowest BCUT2D eigenvalue weighted by Gasteiger charge is -2.17. The average Bonchev–Trinajstić information content (AvgIpc) is 2.66. The monoisotopic (exact) mass is 179 g/mol. The van der Waals surface area contributed by atoms with Gasteiger partial charge in [-0.1, -0.05) is 0 Å². The smallest absolute Gasteiger partial charge is 0.258 e. The lowest BCUT2D eigenvalue weighted by Crippen LogP contribution is -2.28. The predicted octanol–water partition coefficient (Wildman–Crippen LogP) is 0.255. The number of nitrogens with one attached hydrogen (secondary N) is 1. The maximum absolute atomic E-state index is 11.5. The summed E-state index contributed by atoms with van der Waals surface area (Å²) in [5.74, 6) is -0.372. The first kappa shape index (κ1) is 7.12. The predicted molar refractivity (Wildman–Crippen MR) is 42.6 cm³/mol. The van der Waals surface area contributed by atoms with Gasteiger partial charge in [-0.2, -0.15) is 0 Å². The van der Waals surface area contributed by atoms with E-state index in [-0.39, 0.29) is 23.5 Å². The van der Waals surface area contributed by atoms with E-state index >= 15 is 0 Å². The van der Waals surface area contributed by atoms with Gasteiger partial charge in [-0.15, -0.1) is 0 Å². The summed E-state index contributed by atoms with van der Waals surface area (Å²) < 4.78 is 0. The number of hydrogen-bond acceptors (Lipinski definition) is 3. The summed E-state index contributed by atoms with van der Waals surface area (Å²) in [4.78, 5) is 22.8. The molecular weight excluding hydrogens is 170 g/mol. The largest absolute Gasteiger partial charge is 0.511 e. The molecule has 0 aromatic heterocycles. The molecule has 1 spiro atoms. The highest BCUT2D eigenvalue weighted by Crippen LogP contribution is 2.58. The van der Waals surface area contributed by atoms with Crippen molar-refractivity contribution in [2.75, 3.05) is 0 Å². The molecule has 2 fully saturated rings. The van der Waals surface area contributed by atoms with Crippen molar-refractivity contribution in [2.24, 2.45) is 11.3 Å². The fourth-order valence-electron chi connectivity index (χ4n) is 2.89. The van der Waals surface area contributed by atoms with E-state index in [2.05, 4.69) is 5.32 Å². The molecule has 2 bridgehead atoms. The van der Waals surface area contributed by atoms with Crippen molar-refractivity contribution < 1.29 is 14.7 Å². The Hall–Kier alpha value is -1.32. The lowest BCUT2D eigenvalue weighted by atomic mass is 9.82. The number of imide groups is 1.